The Morgan fingerprint density at radius 3 is 2.25 bits per heavy atom. The van der Waals surface area contributed by atoms with E-state index in [2.05, 4.69) is 4.74 Å². The second kappa shape index (κ2) is 7.05. The maximum absolute atomic E-state index is 12.4. The van der Waals surface area contributed by atoms with Crippen LogP contribution in [0.5, 0.6) is 0 Å². The zero-order valence-electron chi connectivity index (χ0n) is 12.4. The highest BCUT2D eigenvalue weighted by Gasteiger charge is 2.33. The van der Waals surface area contributed by atoms with Crippen LogP contribution in [0.25, 0.3) is 0 Å². The normalized spacial score (nSPS) is 11.0. The summed E-state index contributed by atoms with van der Waals surface area (Å²) in [6, 6.07) is 9.47. The van der Waals surface area contributed by atoms with Crippen molar-refractivity contribution in [3.8, 4) is 0 Å². The number of benzene rings is 1. The van der Waals surface area contributed by atoms with Crippen molar-refractivity contribution in [1.29, 1.82) is 0 Å². The van der Waals surface area contributed by atoms with E-state index in [0.29, 0.717) is 6.54 Å². The predicted molar refractivity (Wildman–Crippen MR) is 75.0 cm³/mol. The van der Waals surface area contributed by atoms with Crippen LogP contribution < -0.4 is 0 Å². The Bertz CT molecular complexity index is 456. The topological polar surface area (TPSA) is 55.8 Å². The molecule has 0 unspecified atom stereocenters. The number of amides is 1. The first-order valence-corrected chi connectivity index (χ1v) is 6.36. The SMILES string of the molecule is COC(=O)CN(Cc1ccccc1)C(=O)C(C)(C)OC. The fourth-order valence-electron chi connectivity index (χ4n) is 1.69. The lowest BCUT2D eigenvalue weighted by molar-refractivity contribution is -0.157. The number of carbonyl (C=O) groups excluding carboxylic acids is 2. The predicted octanol–water partition coefficient (Wildman–Crippen LogP) is 1.61. The second-order valence-electron chi connectivity index (χ2n) is 4.94. The molecule has 20 heavy (non-hydrogen) atoms. The summed E-state index contributed by atoms with van der Waals surface area (Å²) in [5, 5.41) is 0. The number of ether oxygens (including phenoxy) is 2. The van der Waals surface area contributed by atoms with Gasteiger partial charge < -0.3 is 14.4 Å². The molecule has 5 heteroatoms. The molecule has 0 heterocycles. The largest absolute Gasteiger partial charge is 0.468 e. The molecule has 0 spiro atoms. The summed E-state index contributed by atoms with van der Waals surface area (Å²) >= 11 is 0. The third kappa shape index (κ3) is 4.35. The quantitative estimate of drug-likeness (QED) is 0.742. The maximum atomic E-state index is 12.4. The first-order valence-electron chi connectivity index (χ1n) is 6.36. The molecule has 0 aliphatic carbocycles. The highest BCUT2D eigenvalue weighted by atomic mass is 16.5. The van der Waals surface area contributed by atoms with Gasteiger partial charge in [-0.1, -0.05) is 30.3 Å². The Balaban J connectivity index is 2.91. The van der Waals surface area contributed by atoms with Crippen molar-refractivity contribution in [3.63, 3.8) is 0 Å². The van der Waals surface area contributed by atoms with E-state index < -0.39 is 11.6 Å². The van der Waals surface area contributed by atoms with E-state index >= 15 is 0 Å². The van der Waals surface area contributed by atoms with Crippen LogP contribution >= 0.6 is 0 Å². The maximum Gasteiger partial charge on any atom is 0.325 e. The lowest BCUT2D eigenvalue weighted by atomic mass is 10.1. The van der Waals surface area contributed by atoms with Crippen LogP contribution in [0.4, 0.5) is 0 Å². The average Bonchev–Trinajstić information content (AvgIpc) is 2.46. The van der Waals surface area contributed by atoms with Gasteiger partial charge in [-0.2, -0.15) is 0 Å². The number of carbonyl (C=O) groups is 2. The average molecular weight is 279 g/mol. The Labute approximate surface area is 119 Å². The van der Waals surface area contributed by atoms with Gasteiger partial charge in [0.1, 0.15) is 12.1 Å². The van der Waals surface area contributed by atoms with Gasteiger partial charge in [-0.3, -0.25) is 9.59 Å². The van der Waals surface area contributed by atoms with Crippen molar-refractivity contribution in [2.45, 2.75) is 26.0 Å². The molecule has 0 aromatic heterocycles. The van der Waals surface area contributed by atoms with Crippen LogP contribution in [0.15, 0.2) is 30.3 Å². The van der Waals surface area contributed by atoms with Gasteiger partial charge in [0.25, 0.3) is 5.91 Å². The monoisotopic (exact) mass is 279 g/mol. The lowest BCUT2D eigenvalue weighted by Crippen LogP contribution is -2.48. The molecule has 0 aliphatic rings. The van der Waals surface area contributed by atoms with Crippen LogP contribution in [-0.2, 0) is 25.6 Å². The molecule has 1 amide bonds. The molecule has 1 aromatic rings. The van der Waals surface area contributed by atoms with Crippen LogP contribution in [0.2, 0.25) is 0 Å². The van der Waals surface area contributed by atoms with Crippen molar-refractivity contribution in [1.82, 2.24) is 4.90 Å². The summed E-state index contributed by atoms with van der Waals surface area (Å²) in [5.74, 6) is -0.713. The summed E-state index contributed by atoms with van der Waals surface area (Å²) in [4.78, 5) is 25.4. The standard InChI is InChI=1S/C15H21NO4/c1-15(2,20-4)14(18)16(11-13(17)19-3)10-12-8-6-5-7-9-12/h5-9H,10-11H2,1-4H3. The number of hydrogen-bond donors (Lipinski definition) is 0. The van der Waals surface area contributed by atoms with E-state index in [0.717, 1.165) is 5.56 Å². The van der Waals surface area contributed by atoms with Crippen LogP contribution in [0.3, 0.4) is 0 Å². The summed E-state index contributed by atoms with van der Waals surface area (Å²) < 4.78 is 9.83. The van der Waals surface area contributed by atoms with Gasteiger partial charge in [0.05, 0.1) is 7.11 Å². The summed E-state index contributed by atoms with van der Waals surface area (Å²) in [7, 11) is 2.77. The van der Waals surface area contributed by atoms with E-state index in [1.54, 1.807) is 13.8 Å². The zero-order valence-corrected chi connectivity index (χ0v) is 12.4. The summed E-state index contributed by atoms with van der Waals surface area (Å²) in [6.45, 7) is 3.58. The minimum absolute atomic E-state index is 0.100. The van der Waals surface area contributed by atoms with E-state index in [-0.39, 0.29) is 12.5 Å². The summed E-state index contributed by atoms with van der Waals surface area (Å²) in [6.07, 6.45) is 0. The van der Waals surface area contributed by atoms with Gasteiger partial charge in [-0.25, -0.2) is 0 Å². The molecule has 1 aromatic carbocycles. The smallest absolute Gasteiger partial charge is 0.325 e. The van der Waals surface area contributed by atoms with Crippen LogP contribution in [-0.4, -0.2) is 43.1 Å². The van der Waals surface area contributed by atoms with Gasteiger partial charge in [0, 0.05) is 13.7 Å². The Hall–Kier alpha value is -1.88. The first-order chi connectivity index (χ1) is 9.40. The molecule has 0 fully saturated rings. The molecule has 0 bridgehead atoms. The van der Waals surface area contributed by atoms with Crippen molar-refractivity contribution in [3.05, 3.63) is 35.9 Å². The highest BCUT2D eigenvalue weighted by Crippen LogP contribution is 2.15. The Morgan fingerprint density at radius 1 is 1.15 bits per heavy atom. The van der Waals surface area contributed by atoms with Crippen LogP contribution in [0.1, 0.15) is 19.4 Å². The minimum atomic E-state index is -0.983. The van der Waals surface area contributed by atoms with Gasteiger partial charge in [0.15, 0.2) is 0 Å². The number of nitrogens with zero attached hydrogens (tertiary/aromatic N) is 1. The van der Waals surface area contributed by atoms with E-state index in [4.69, 9.17) is 4.74 Å². The zero-order chi connectivity index (χ0) is 15.2. The molecule has 1 rings (SSSR count). The van der Waals surface area contributed by atoms with Gasteiger partial charge >= 0.3 is 5.97 Å². The van der Waals surface area contributed by atoms with Crippen molar-refractivity contribution >= 4 is 11.9 Å². The third-order valence-electron chi connectivity index (χ3n) is 3.08. The highest BCUT2D eigenvalue weighted by molar-refractivity contribution is 5.87. The molecule has 0 saturated carbocycles. The van der Waals surface area contributed by atoms with Crippen molar-refractivity contribution < 1.29 is 19.1 Å². The van der Waals surface area contributed by atoms with E-state index in [9.17, 15) is 9.59 Å². The lowest BCUT2D eigenvalue weighted by Gasteiger charge is -2.30. The van der Waals surface area contributed by atoms with Crippen molar-refractivity contribution in [2.24, 2.45) is 0 Å². The van der Waals surface area contributed by atoms with Crippen LogP contribution in [0, 0.1) is 0 Å². The second-order valence-corrected chi connectivity index (χ2v) is 4.94. The van der Waals surface area contributed by atoms with Gasteiger partial charge in [-0.05, 0) is 19.4 Å². The van der Waals surface area contributed by atoms with Gasteiger partial charge in [-0.15, -0.1) is 0 Å². The molecule has 5 nitrogen and oxygen atoms in total. The molecule has 0 radical (unpaired) electrons. The molecular formula is C15H21NO4. The third-order valence-corrected chi connectivity index (χ3v) is 3.08. The number of esters is 1. The fourth-order valence-corrected chi connectivity index (χ4v) is 1.69. The van der Waals surface area contributed by atoms with Gasteiger partial charge in [0.2, 0.25) is 0 Å². The molecule has 0 aliphatic heterocycles. The van der Waals surface area contributed by atoms with E-state index in [1.165, 1.54) is 19.1 Å². The Morgan fingerprint density at radius 2 is 1.75 bits per heavy atom. The number of methoxy groups -OCH3 is 2. The first kappa shape index (κ1) is 16.2. The molecule has 0 saturated heterocycles. The molecule has 0 N–H and O–H groups in total. The van der Waals surface area contributed by atoms with E-state index in [1.807, 2.05) is 30.3 Å². The fraction of sp³-hybridized carbons (Fsp3) is 0.467. The number of rotatable bonds is 6. The number of hydrogen-bond acceptors (Lipinski definition) is 4. The Kier molecular flexibility index (Phi) is 5.70. The molecular weight excluding hydrogens is 258 g/mol. The minimum Gasteiger partial charge on any atom is -0.468 e. The summed E-state index contributed by atoms with van der Waals surface area (Å²) in [5.41, 5.74) is -0.0420. The van der Waals surface area contributed by atoms with Crippen molar-refractivity contribution in [2.75, 3.05) is 20.8 Å². The molecule has 110 valence electrons. The molecule has 0 atom stereocenters.